The molecule has 3 heterocycles. The van der Waals surface area contributed by atoms with Crippen LogP contribution in [0.15, 0.2) is 18.2 Å². The molecule has 4 fully saturated rings. The fraction of sp³-hybridized carbons (Fsp3) is 0.565. The number of halogens is 3. The van der Waals surface area contributed by atoms with Crippen molar-refractivity contribution in [3.63, 3.8) is 0 Å². The first-order valence-electron chi connectivity index (χ1n) is 11.0. The molecule has 11 heteroatoms. The Morgan fingerprint density at radius 1 is 1.26 bits per heavy atom. The first-order chi connectivity index (χ1) is 15.9. The maximum atomic E-state index is 13.5. The predicted octanol–water partition coefficient (Wildman–Crippen LogP) is 3.14. The third kappa shape index (κ3) is 3.27. The van der Waals surface area contributed by atoms with Crippen molar-refractivity contribution >= 4 is 23.6 Å². The largest absolute Gasteiger partial charge is 0.449 e. The second-order valence-electron chi connectivity index (χ2n) is 9.85. The van der Waals surface area contributed by atoms with Crippen LogP contribution in [0.25, 0.3) is 0 Å². The molecule has 4 aliphatic rings. The lowest BCUT2D eigenvalue weighted by molar-refractivity contribution is -0.138. The number of hydrogen-bond acceptors (Lipinski definition) is 6. The topological polar surface area (TPSA) is 109 Å². The number of alkyl carbamates (subject to hydrolysis) is 1. The van der Waals surface area contributed by atoms with E-state index in [4.69, 9.17) is 14.7 Å². The predicted molar refractivity (Wildman–Crippen MR) is 109 cm³/mol. The summed E-state index contributed by atoms with van der Waals surface area (Å²) in [5.74, 6) is -2.88. The molecular formula is C23H22F3N3O5. The van der Waals surface area contributed by atoms with Gasteiger partial charge >= 0.3 is 12.3 Å². The van der Waals surface area contributed by atoms with Gasteiger partial charge in [-0.1, -0.05) is 0 Å². The van der Waals surface area contributed by atoms with Gasteiger partial charge in [-0.05, 0) is 50.8 Å². The standard InChI is InChI=1S/C23H22F3N3O5/c1-21-8-15(28-20(32)33-10-11-3-4-11)22(2,34-21)17-16(21)18(30)29(19(17)31)13-6-5-12(9-27)14(7-13)23(24,25)26/h5-7,11,15-17H,3-4,8,10H2,1-2H3,(H,28,32)/t15-,16-,17+,21-,22+/m1/s1. The summed E-state index contributed by atoms with van der Waals surface area (Å²) in [6.45, 7) is 3.61. The zero-order valence-electron chi connectivity index (χ0n) is 18.4. The summed E-state index contributed by atoms with van der Waals surface area (Å²) in [7, 11) is 0. The maximum Gasteiger partial charge on any atom is 0.417 e. The van der Waals surface area contributed by atoms with Crippen molar-refractivity contribution in [1.29, 1.82) is 5.26 Å². The summed E-state index contributed by atoms with van der Waals surface area (Å²) in [5.41, 5.74) is -4.41. The van der Waals surface area contributed by atoms with Crippen LogP contribution in [0.4, 0.5) is 23.7 Å². The van der Waals surface area contributed by atoms with Crippen LogP contribution in [0, 0.1) is 29.1 Å². The van der Waals surface area contributed by atoms with Crippen LogP contribution in [0.1, 0.15) is 44.2 Å². The number of rotatable bonds is 4. The molecule has 1 aromatic rings. The monoisotopic (exact) mass is 477 g/mol. The molecule has 0 radical (unpaired) electrons. The number of nitriles is 1. The van der Waals surface area contributed by atoms with Gasteiger partial charge in [-0.25, -0.2) is 9.69 Å². The van der Waals surface area contributed by atoms with Crippen molar-refractivity contribution in [3.05, 3.63) is 29.3 Å². The van der Waals surface area contributed by atoms with Gasteiger partial charge in [0.1, 0.15) is 0 Å². The Balaban J connectivity index is 1.44. The normalized spacial score (nSPS) is 34.2. The number of benzene rings is 1. The highest BCUT2D eigenvalue weighted by Crippen LogP contribution is 2.61. The van der Waals surface area contributed by atoms with Crippen molar-refractivity contribution in [3.8, 4) is 6.07 Å². The molecule has 1 aliphatic carbocycles. The Hall–Kier alpha value is -3.13. The fourth-order valence-corrected chi connectivity index (χ4v) is 5.67. The molecule has 0 unspecified atom stereocenters. The number of carbonyl (C=O) groups excluding carboxylic acids is 3. The first-order valence-corrected chi connectivity index (χ1v) is 11.0. The van der Waals surface area contributed by atoms with Crippen LogP contribution < -0.4 is 10.2 Å². The van der Waals surface area contributed by atoms with Gasteiger partial charge in [-0.2, -0.15) is 18.4 Å². The van der Waals surface area contributed by atoms with E-state index in [9.17, 15) is 27.6 Å². The van der Waals surface area contributed by atoms with E-state index in [2.05, 4.69) is 5.32 Å². The number of nitrogens with one attached hydrogen (secondary N) is 1. The summed E-state index contributed by atoms with van der Waals surface area (Å²) >= 11 is 0. The smallest absolute Gasteiger partial charge is 0.417 e. The third-order valence-electron chi connectivity index (χ3n) is 7.46. The second kappa shape index (κ2) is 7.18. The summed E-state index contributed by atoms with van der Waals surface area (Å²) in [4.78, 5) is 39.8. The number of carbonyl (C=O) groups is 3. The number of amides is 3. The average Bonchev–Trinajstić information content (AvgIpc) is 3.43. The highest BCUT2D eigenvalue weighted by molar-refractivity contribution is 6.23. The second-order valence-corrected chi connectivity index (χ2v) is 9.85. The van der Waals surface area contributed by atoms with Gasteiger partial charge in [0.2, 0.25) is 11.8 Å². The van der Waals surface area contributed by atoms with Crippen molar-refractivity contribution in [1.82, 2.24) is 5.32 Å². The van der Waals surface area contributed by atoms with Gasteiger partial charge in [-0.3, -0.25) is 9.59 Å². The van der Waals surface area contributed by atoms with Crippen molar-refractivity contribution < 1.29 is 37.0 Å². The van der Waals surface area contributed by atoms with Crippen LogP contribution in [0.2, 0.25) is 0 Å². The Morgan fingerprint density at radius 3 is 2.56 bits per heavy atom. The van der Waals surface area contributed by atoms with Crippen LogP contribution in [0.3, 0.4) is 0 Å². The van der Waals surface area contributed by atoms with Crippen LogP contribution in [0.5, 0.6) is 0 Å². The third-order valence-corrected chi connectivity index (χ3v) is 7.46. The number of nitrogens with zero attached hydrogens (tertiary/aromatic N) is 2. The van der Waals surface area contributed by atoms with Crippen LogP contribution in [-0.4, -0.2) is 41.8 Å². The van der Waals surface area contributed by atoms with Crippen LogP contribution >= 0.6 is 0 Å². The lowest BCUT2D eigenvalue weighted by Gasteiger charge is -2.35. The molecule has 0 aromatic heterocycles. The maximum absolute atomic E-state index is 13.5. The Kier molecular flexibility index (Phi) is 4.79. The van der Waals surface area contributed by atoms with E-state index >= 15 is 0 Å². The Labute approximate surface area is 193 Å². The van der Waals surface area contributed by atoms with E-state index in [1.54, 1.807) is 13.8 Å². The molecule has 0 spiro atoms. The van der Waals surface area contributed by atoms with E-state index in [0.29, 0.717) is 18.6 Å². The SMILES string of the molecule is C[C@]12O[C@](C)(C[C@H]1NC(=O)OCC1CC1)[C@H]1C(=O)N(c3ccc(C#N)c(C(F)(F)F)c3)C(=O)[C@H]12. The van der Waals surface area contributed by atoms with E-state index in [1.807, 2.05) is 0 Å². The quantitative estimate of drug-likeness (QED) is 0.668. The molecule has 1 N–H and O–H groups in total. The van der Waals surface area contributed by atoms with E-state index in [1.165, 1.54) is 6.07 Å². The molecule has 180 valence electrons. The molecule has 3 amide bonds. The minimum absolute atomic E-state index is 0.247. The Bertz CT molecular complexity index is 1140. The molecule has 3 saturated heterocycles. The molecule has 34 heavy (non-hydrogen) atoms. The summed E-state index contributed by atoms with van der Waals surface area (Å²) in [6, 6.07) is 3.61. The molecule has 1 saturated carbocycles. The number of imide groups is 1. The van der Waals surface area contributed by atoms with Gasteiger partial charge in [0.15, 0.2) is 0 Å². The molecule has 5 rings (SSSR count). The van der Waals surface area contributed by atoms with E-state index < -0.39 is 64.3 Å². The number of fused-ring (bicyclic) bond motifs is 5. The number of hydrogen-bond donors (Lipinski definition) is 1. The van der Waals surface area contributed by atoms with E-state index in [-0.39, 0.29) is 12.1 Å². The van der Waals surface area contributed by atoms with E-state index in [0.717, 1.165) is 29.9 Å². The van der Waals surface area contributed by atoms with Gasteiger partial charge < -0.3 is 14.8 Å². The Morgan fingerprint density at radius 2 is 1.94 bits per heavy atom. The molecule has 3 aliphatic heterocycles. The number of ether oxygens (including phenoxy) is 2. The summed E-state index contributed by atoms with van der Waals surface area (Å²) < 4.78 is 51.8. The van der Waals surface area contributed by atoms with Gasteiger partial charge in [0.25, 0.3) is 0 Å². The van der Waals surface area contributed by atoms with Crippen molar-refractivity contribution in [2.24, 2.45) is 17.8 Å². The van der Waals surface area contributed by atoms with Crippen molar-refractivity contribution in [2.45, 2.75) is 56.5 Å². The fourth-order valence-electron chi connectivity index (χ4n) is 5.67. The highest BCUT2D eigenvalue weighted by atomic mass is 19.4. The van der Waals surface area contributed by atoms with Crippen molar-refractivity contribution in [2.75, 3.05) is 11.5 Å². The minimum atomic E-state index is -4.83. The van der Waals surface area contributed by atoms with Gasteiger partial charge in [-0.15, -0.1) is 0 Å². The number of alkyl halides is 3. The molecular weight excluding hydrogens is 455 g/mol. The van der Waals surface area contributed by atoms with Gasteiger partial charge in [0.05, 0.1) is 58.6 Å². The zero-order valence-corrected chi connectivity index (χ0v) is 18.4. The molecule has 5 atom stereocenters. The lowest BCUT2D eigenvalue weighted by atomic mass is 9.66. The highest BCUT2D eigenvalue weighted by Gasteiger charge is 2.76. The van der Waals surface area contributed by atoms with Gasteiger partial charge in [0, 0.05) is 6.42 Å². The summed E-state index contributed by atoms with van der Waals surface area (Å²) in [6.07, 6.45) is -3.20. The lowest BCUT2D eigenvalue weighted by Crippen LogP contribution is -2.56. The summed E-state index contributed by atoms with van der Waals surface area (Å²) in [5, 5.41) is 11.8. The first kappa shape index (κ1) is 22.7. The molecule has 8 nitrogen and oxygen atoms in total. The zero-order chi connectivity index (χ0) is 24.6. The molecule has 2 bridgehead atoms. The number of anilines is 1. The minimum Gasteiger partial charge on any atom is -0.449 e. The molecule has 1 aromatic carbocycles. The average molecular weight is 477 g/mol. The van der Waals surface area contributed by atoms with Crippen LogP contribution in [-0.2, 0) is 25.2 Å².